The summed E-state index contributed by atoms with van der Waals surface area (Å²) in [5, 5.41) is 8.65. The Labute approximate surface area is 77.3 Å². The van der Waals surface area contributed by atoms with E-state index in [9.17, 15) is 4.79 Å². The summed E-state index contributed by atoms with van der Waals surface area (Å²) in [6.45, 7) is 1.64. The number of aliphatic hydroxyl groups is 1. The number of hydrogen-bond donors (Lipinski definition) is 1. The standard InChI is InChI=1S/C8H17NO3/c1-8(2,3)12-7(11)9(4)5-6-10/h10H,5-6H2,1-4H3/i4D3. The van der Waals surface area contributed by atoms with Gasteiger partial charge in [0.05, 0.1) is 6.61 Å². The smallest absolute Gasteiger partial charge is 0.410 e. The summed E-state index contributed by atoms with van der Waals surface area (Å²) >= 11 is 0. The molecule has 4 nitrogen and oxygen atoms in total. The molecule has 0 aromatic rings. The van der Waals surface area contributed by atoms with E-state index >= 15 is 0 Å². The molecule has 0 unspecified atom stereocenters. The Morgan fingerprint density at radius 3 is 2.58 bits per heavy atom. The van der Waals surface area contributed by atoms with Crippen LogP contribution in [0.3, 0.4) is 0 Å². The minimum Gasteiger partial charge on any atom is -0.444 e. The van der Waals surface area contributed by atoms with Crippen LogP contribution in [0.2, 0.25) is 0 Å². The summed E-state index contributed by atoms with van der Waals surface area (Å²) in [5.41, 5.74) is -0.754. The molecule has 0 aliphatic carbocycles. The molecule has 0 aliphatic heterocycles. The predicted octanol–water partition coefficient (Wildman–Crippen LogP) is 0.846. The number of rotatable bonds is 2. The average Bonchev–Trinajstić information content (AvgIpc) is 1.93. The SMILES string of the molecule is [2H]C([2H])([2H])N(CCO)C(=O)OC(C)(C)C. The van der Waals surface area contributed by atoms with Gasteiger partial charge in [0.15, 0.2) is 0 Å². The molecule has 0 saturated carbocycles. The van der Waals surface area contributed by atoms with Gasteiger partial charge in [-0.15, -0.1) is 0 Å². The zero-order valence-corrected chi connectivity index (χ0v) is 7.63. The number of carbonyl (C=O) groups is 1. The summed E-state index contributed by atoms with van der Waals surface area (Å²) in [7, 11) is 0. The molecule has 0 fully saturated rings. The molecule has 1 N–H and O–H groups in total. The third-order valence-electron chi connectivity index (χ3n) is 0.937. The second kappa shape index (κ2) is 4.30. The molecular weight excluding hydrogens is 158 g/mol. The summed E-state index contributed by atoms with van der Waals surface area (Å²) in [5.74, 6) is 0. The summed E-state index contributed by atoms with van der Waals surface area (Å²) < 4.78 is 26.1. The Kier molecular flexibility index (Phi) is 2.41. The molecule has 0 aromatic carbocycles. The van der Waals surface area contributed by atoms with Crippen LogP contribution in [0.4, 0.5) is 4.79 Å². The largest absolute Gasteiger partial charge is 0.444 e. The van der Waals surface area contributed by atoms with Gasteiger partial charge in [0.2, 0.25) is 0 Å². The molecule has 0 heterocycles. The van der Waals surface area contributed by atoms with Gasteiger partial charge in [-0.2, -0.15) is 0 Å². The minimum atomic E-state index is -2.59. The van der Waals surface area contributed by atoms with Crippen LogP contribution < -0.4 is 0 Å². The fourth-order valence-corrected chi connectivity index (χ4v) is 0.508. The van der Waals surface area contributed by atoms with Crippen LogP contribution in [0.1, 0.15) is 24.9 Å². The van der Waals surface area contributed by atoms with Crippen LogP contribution in [-0.2, 0) is 4.74 Å². The maximum Gasteiger partial charge on any atom is 0.410 e. The quantitative estimate of drug-likeness (QED) is 0.682. The number of amides is 1. The topological polar surface area (TPSA) is 49.8 Å². The van der Waals surface area contributed by atoms with Gasteiger partial charge in [-0.3, -0.25) is 0 Å². The first-order chi connectivity index (χ1) is 6.58. The lowest BCUT2D eigenvalue weighted by molar-refractivity contribution is 0.0272. The number of likely N-dealkylation sites (N-methyl/N-ethyl adjacent to an activating group) is 1. The van der Waals surface area contributed by atoms with Crippen molar-refractivity contribution in [1.29, 1.82) is 0 Å². The summed E-state index contributed by atoms with van der Waals surface area (Å²) in [4.78, 5) is 12.0. The first-order valence-electron chi connectivity index (χ1n) is 5.19. The molecule has 0 spiro atoms. The zero-order valence-electron chi connectivity index (χ0n) is 10.6. The second-order valence-electron chi connectivity index (χ2n) is 3.36. The highest BCUT2D eigenvalue weighted by Crippen LogP contribution is 2.08. The van der Waals surface area contributed by atoms with E-state index in [0.717, 1.165) is 0 Å². The highest BCUT2D eigenvalue weighted by molar-refractivity contribution is 5.67. The Bertz CT molecular complexity index is 222. The molecule has 0 saturated heterocycles. The fourth-order valence-electron chi connectivity index (χ4n) is 0.508. The van der Waals surface area contributed by atoms with Gasteiger partial charge in [0, 0.05) is 17.6 Å². The van der Waals surface area contributed by atoms with Gasteiger partial charge in [-0.05, 0) is 20.8 Å². The van der Waals surface area contributed by atoms with Crippen molar-refractivity contribution in [2.75, 3.05) is 20.1 Å². The van der Waals surface area contributed by atoms with E-state index in [4.69, 9.17) is 14.0 Å². The van der Waals surface area contributed by atoms with Crippen molar-refractivity contribution >= 4 is 6.09 Å². The lowest BCUT2D eigenvalue weighted by Crippen LogP contribution is -2.35. The van der Waals surface area contributed by atoms with Crippen LogP contribution in [0.5, 0.6) is 0 Å². The van der Waals surface area contributed by atoms with Gasteiger partial charge in [0.1, 0.15) is 5.60 Å². The van der Waals surface area contributed by atoms with E-state index in [0.29, 0.717) is 4.90 Å². The molecule has 4 heteroatoms. The molecule has 0 rings (SSSR count). The van der Waals surface area contributed by atoms with E-state index in [1.54, 1.807) is 20.8 Å². The molecule has 12 heavy (non-hydrogen) atoms. The molecule has 0 aromatic heterocycles. The Balaban J connectivity index is 4.58. The molecule has 0 aliphatic rings. The number of carbonyl (C=O) groups excluding carboxylic acids is 1. The Morgan fingerprint density at radius 1 is 1.67 bits per heavy atom. The second-order valence-corrected chi connectivity index (χ2v) is 3.36. The molecule has 0 atom stereocenters. The maximum atomic E-state index is 11.4. The van der Waals surface area contributed by atoms with Crippen molar-refractivity contribution in [3.63, 3.8) is 0 Å². The fraction of sp³-hybridized carbons (Fsp3) is 0.875. The van der Waals surface area contributed by atoms with Crippen LogP contribution in [0, 0.1) is 0 Å². The normalized spacial score (nSPS) is 15.8. The number of ether oxygens (including phenoxy) is 1. The van der Waals surface area contributed by atoms with Crippen LogP contribution in [-0.4, -0.2) is 41.8 Å². The van der Waals surface area contributed by atoms with E-state index in [1.165, 1.54) is 0 Å². The van der Waals surface area contributed by atoms with Gasteiger partial charge < -0.3 is 14.7 Å². The lowest BCUT2D eigenvalue weighted by Gasteiger charge is -2.24. The van der Waals surface area contributed by atoms with Crippen LogP contribution >= 0.6 is 0 Å². The van der Waals surface area contributed by atoms with Crippen molar-refractivity contribution in [2.45, 2.75) is 26.4 Å². The summed E-state index contributed by atoms with van der Waals surface area (Å²) in [6.07, 6.45) is -0.948. The van der Waals surface area contributed by atoms with E-state index in [1.807, 2.05) is 0 Å². The van der Waals surface area contributed by atoms with E-state index < -0.39 is 25.3 Å². The van der Waals surface area contributed by atoms with Gasteiger partial charge in [-0.1, -0.05) is 0 Å². The monoisotopic (exact) mass is 178 g/mol. The van der Waals surface area contributed by atoms with Crippen molar-refractivity contribution in [1.82, 2.24) is 4.90 Å². The molecule has 72 valence electrons. The highest BCUT2D eigenvalue weighted by Gasteiger charge is 2.18. The Morgan fingerprint density at radius 2 is 2.25 bits per heavy atom. The third kappa shape index (κ3) is 4.96. The molecule has 1 amide bonds. The van der Waals surface area contributed by atoms with E-state index in [2.05, 4.69) is 0 Å². The minimum absolute atomic E-state index is 0.272. The lowest BCUT2D eigenvalue weighted by atomic mass is 10.2. The van der Waals surface area contributed by atoms with Crippen molar-refractivity contribution in [3.05, 3.63) is 0 Å². The zero-order chi connectivity index (χ0) is 12.3. The average molecular weight is 178 g/mol. The van der Waals surface area contributed by atoms with Gasteiger partial charge >= 0.3 is 6.09 Å². The maximum absolute atomic E-state index is 11.4. The number of nitrogens with zero attached hydrogens (tertiary/aromatic N) is 1. The first kappa shape index (κ1) is 6.71. The van der Waals surface area contributed by atoms with E-state index in [-0.39, 0.29) is 6.54 Å². The summed E-state index contributed by atoms with van der Waals surface area (Å²) in [6, 6.07) is 0. The molecule has 0 bridgehead atoms. The predicted molar refractivity (Wildman–Crippen MR) is 45.9 cm³/mol. The van der Waals surface area contributed by atoms with Crippen LogP contribution in [0.25, 0.3) is 0 Å². The first-order valence-corrected chi connectivity index (χ1v) is 3.69. The van der Waals surface area contributed by atoms with Crippen molar-refractivity contribution < 1.29 is 18.8 Å². The molecular formula is C8H17NO3. The molecule has 0 radical (unpaired) electrons. The highest BCUT2D eigenvalue weighted by atomic mass is 16.6. The van der Waals surface area contributed by atoms with Crippen LogP contribution in [0.15, 0.2) is 0 Å². The van der Waals surface area contributed by atoms with Crippen molar-refractivity contribution in [3.8, 4) is 0 Å². The van der Waals surface area contributed by atoms with Gasteiger partial charge in [0.25, 0.3) is 0 Å². The third-order valence-corrected chi connectivity index (χ3v) is 0.937. The van der Waals surface area contributed by atoms with Gasteiger partial charge in [-0.25, -0.2) is 4.79 Å². The Hall–Kier alpha value is -0.770. The number of hydrogen-bond acceptors (Lipinski definition) is 3. The van der Waals surface area contributed by atoms with Crippen molar-refractivity contribution in [2.24, 2.45) is 0 Å². The number of aliphatic hydroxyl groups excluding tert-OH is 1.